The fraction of sp³-hybridized carbons (Fsp3) is 0.438. The van der Waals surface area contributed by atoms with E-state index < -0.39 is 0 Å². The fourth-order valence-corrected chi connectivity index (χ4v) is 6.22. The van der Waals surface area contributed by atoms with Crippen molar-refractivity contribution in [2.24, 2.45) is 5.92 Å². The van der Waals surface area contributed by atoms with Crippen LogP contribution >= 0.6 is 11.6 Å². The fourth-order valence-electron chi connectivity index (χ4n) is 6.09. The van der Waals surface area contributed by atoms with Gasteiger partial charge in [0.25, 0.3) is 0 Å². The molecule has 4 N–H and O–H groups in total. The van der Waals surface area contributed by atoms with Crippen molar-refractivity contribution in [1.82, 2.24) is 9.97 Å². The Bertz CT molecular complexity index is 1370. The quantitative estimate of drug-likeness (QED) is 0.158. The third-order valence-electron chi connectivity index (χ3n) is 8.26. The molecular weight excluding hydrogens is 554 g/mol. The molecule has 1 saturated heterocycles. The van der Waals surface area contributed by atoms with Crippen LogP contribution in [-0.4, -0.2) is 66.6 Å². The van der Waals surface area contributed by atoms with Gasteiger partial charge in [0.2, 0.25) is 0 Å². The number of benzene rings is 2. The monoisotopic (exact) mass is 594 g/mol. The number of piperidine rings is 1. The molecule has 0 bridgehead atoms. The Morgan fingerprint density at radius 3 is 2.14 bits per heavy atom. The summed E-state index contributed by atoms with van der Waals surface area (Å²) in [4.78, 5) is 33.1. The molecule has 0 spiro atoms. The van der Waals surface area contributed by atoms with Gasteiger partial charge in [-0.1, -0.05) is 35.9 Å². The van der Waals surface area contributed by atoms with Gasteiger partial charge < -0.3 is 25.4 Å². The van der Waals surface area contributed by atoms with Crippen molar-refractivity contribution in [1.29, 1.82) is 0 Å². The van der Waals surface area contributed by atoms with Gasteiger partial charge in [-0.05, 0) is 61.1 Å². The Morgan fingerprint density at radius 2 is 1.55 bits per heavy atom. The van der Waals surface area contributed by atoms with Gasteiger partial charge in [-0.2, -0.15) is 0 Å². The largest absolute Gasteiger partial charge is 0.497 e. The Morgan fingerprint density at radius 1 is 0.929 bits per heavy atom. The Balaban J connectivity index is 1.43. The number of nitrogens with two attached hydrogens (primary N) is 2. The molecule has 4 rings (SSSR count). The van der Waals surface area contributed by atoms with Crippen molar-refractivity contribution in [3.05, 3.63) is 76.1 Å². The summed E-state index contributed by atoms with van der Waals surface area (Å²) in [6, 6.07) is 15.9. The van der Waals surface area contributed by atoms with Crippen LogP contribution in [0.3, 0.4) is 0 Å². The van der Waals surface area contributed by atoms with Crippen LogP contribution in [0.5, 0.6) is 5.75 Å². The normalized spacial score (nSPS) is 18.4. The summed E-state index contributed by atoms with van der Waals surface area (Å²) in [7, 11) is 3.07. The lowest BCUT2D eigenvalue weighted by atomic mass is 9.89. The molecule has 224 valence electrons. The number of hydrogen-bond donors (Lipinski definition) is 2. The molecule has 2 unspecified atom stereocenters. The highest BCUT2D eigenvalue weighted by molar-refractivity contribution is 6.31. The number of halogens is 1. The van der Waals surface area contributed by atoms with Gasteiger partial charge in [0.15, 0.2) is 22.6 Å². The molecular formula is C32H41ClN5O4+. The number of aromatic nitrogens is 2. The molecule has 1 aliphatic rings. The van der Waals surface area contributed by atoms with Gasteiger partial charge in [0, 0.05) is 25.2 Å². The third kappa shape index (κ3) is 8.20. The van der Waals surface area contributed by atoms with Crippen LogP contribution in [0.25, 0.3) is 0 Å². The van der Waals surface area contributed by atoms with E-state index in [-0.39, 0.29) is 40.2 Å². The van der Waals surface area contributed by atoms with Crippen molar-refractivity contribution in [2.75, 3.05) is 51.9 Å². The van der Waals surface area contributed by atoms with E-state index in [1.807, 2.05) is 36.4 Å². The van der Waals surface area contributed by atoms with Crippen LogP contribution in [0.15, 0.2) is 48.5 Å². The molecule has 2 heterocycles. The third-order valence-corrected chi connectivity index (χ3v) is 8.54. The molecule has 0 radical (unpaired) electrons. The smallest absolute Gasteiger partial charge is 0.337 e. The zero-order chi connectivity index (χ0) is 30.1. The van der Waals surface area contributed by atoms with E-state index in [1.165, 1.54) is 18.2 Å². The predicted octanol–water partition coefficient (Wildman–Crippen LogP) is 5.15. The average molecular weight is 595 g/mol. The number of carbonyl (C=O) groups excluding carboxylic acids is 2. The first-order valence-electron chi connectivity index (χ1n) is 14.5. The summed E-state index contributed by atoms with van der Waals surface area (Å²) < 4.78 is 11.1. The molecule has 2 atom stereocenters. The molecule has 0 saturated carbocycles. The first kappa shape index (κ1) is 31.3. The van der Waals surface area contributed by atoms with Gasteiger partial charge in [-0.25, -0.2) is 14.8 Å². The van der Waals surface area contributed by atoms with Crippen molar-refractivity contribution in [3.8, 4) is 5.75 Å². The summed E-state index contributed by atoms with van der Waals surface area (Å²) >= 11 is 6.04. The molecule has 9 nitrogen and oxygen atoms in total. The first-order chi connectivity index (χ1) is 20.2. The molecule has 1 aliphatic heterocycles. The number of nitrogen functional groups attached to an aromatic ring is 2. The molecule has 1 aromatic heterocycles. The second-order valence-electron chi connectivity index (χ2n) is 11.2. The summed E-state index contributed by atoms with van der Waals surface area (Å²) in [5, 5.41) is -0.000488. The van der Waals surface area contributed by atoms with E-state index in [2.05, 4.69) is 22.1 Å². The van der Waals surface area contributed by atoms with Crippen LogP contribution in [0.2, 0.25) is 5.15 Å². The summed E-state index contributed by atoms with van der Waals surface area (Å²) in [5.41, 5.74) is 14.8. The second kappa shape index (κ2) is 14.5. The van der Waals surface area contributed by atoms with Gasteiger partial charge in [-0.3, -0.25) is 4.79 Å². The summed E-state index contributed by atoms with van der Waals surface area (Å²) in [6.45, 7) is 4.06. The topological polar surface area (TPSA) is 130 Å². The van der Waals surface area contributed by atoms with Crippen LogP contribution in [-0.2, 0) is 17.6 Å². The maximum atomic E-state index is 13.2. The summed E-state index contributed by atoms with van der Waals surface area (Å²) in [5.74, 6) is 0.649. The number of nitrogens with zero attached hydrogens (tertiary/aromatic N) is 3. The standard InChI is InChI=1S/C32H40ClN5O4/c1-41-26-15-11-23(12-16-26)7-4-18-38(17-3-6-22-9-13-25(14-10-22)32(40)42-2)19-5-8-24(21-38)20-27(39)28-30(34)37-31(35)29(33)36-28/h9-16,24H,3-8,17-21H2,1-2H3,(H3-,34,35,37,39)/p+1. The number of Topliss-reactive ketones (excluding diaryl/α,β-unsaturated/α-hetero) is 1. The molecule has 42 heavy (non-hydrogen) atoms. The van der Waals surface area contributed by atoms with E-state index in [0.29, 0.717) is 12.0 Å². The Hall–Kier alpha value is -3.69. The van der Waals surface area contributed by atoms with Crippen LogP contribution in [0, 0.1) is 5.92 Å². The zero-order valence-electron chi connectivity index (χ0n) is 24.5. The minimum Gasteiger partial charge on any atom is -0.497 e. The first-order valence-corrected chi connectivity index (χ1v) is 14.9. The number of esters is 1. The number of rotatable bonds is 13. The zero-order valence-corrected chi connectivity index (χ0v) is 25.2. The highest BCUT2D eigenvalue weighted by Crippen LogP contribution is 2.30. The van der Waals surface area contributed by atoms with E-state index in [9.17, 15) is 9.59 Å². The lowest BCUT2D eigenvalue weighted by Crippen LogP contribution is -2.55. The lowest BCUT2D eigenvalue weighted by Gasteiger charge is -2.45. The van der Waals surface area contributed by atoms with Gasteiger partial charge in [0.1, 0.15) is 11.4 Å². The second-order valence-corrected chi connectivity index (χ2v) is 11.6. The van der Waals surface area contributed by atoms with Gasteiger partial charge in [0.05, 0.1) is 46.0 Å². The molecule has 0 amide bonds. The lowest BCUT2D eigenvalue weighted by molar-refractivity contribution is -0.936. The number of anilines is 2. The van der Waals surface area contributed by atoms with Crippen molar-refractivity contribution in [3.63, 3.8) is 0 Å². The molecule has 3 aromatic rings. The van der Waals surface area contributed by atoms with E-state index in [4.69, 9.17) is 32.5 Å². The highest BCUT2D eigenvalue weighted by atomic mass is 35.5. The number of likely N-dealkylation sites (tertiary alicyclic amines) is 1. The predicted molar refractivity (Wildman–Crippen MR) is 165 cm³/mol. The number of quaternary nitrogens is 1. The maximum Gasteiger partial charge on any atom is 0.337 e. The highest BCUT2D eigenvalue weighted by Gasteiger charge is 2.36. The minimum absolute atomic E-state index is 0.000488. The Kier molecular flexibility index (Phi) is 10.8. The number of aryl methyl sites for hydroxylation is 2. The van der Waals surface area contributed by atoms with Gasteiger partial charge in [-0.15, -0.1) is 0 Å². The maximum absolute atomic E-state index is 13.2. The molecule has 1 fully saturated rings. The van der Waals surface area contributed by atoms with Gasteiger partial charge >= 0.3 is 5.97 Å². The van der Waals surface area contributed by atoms with Crippen molar-refractivity contribution in [2.45, 2.75) is 44.9 Å². The van der Waals surface area contributed by atoms with Crippen LogP contribution < -0.4 is 16.2 Å². The number of ether oxygens (including phenoxy) is 2. The van der Waals surface area contributed by atoms with Crippen LogP contribution in [0.4, 0.5) is 11.6 Å². The van der Waals surface area contributed by atoms with Crippen molar-refractivity contribution >= 4 is 35.0 Å². The van der Waals surface area contributed by atoms with E-state index in [1.54, 1.807) is 7.11 Å². The average Bonchev–Trinajstić information content (AvgIpc) is 2.99. The minimum atomic E-state index is -0.328. The van der Waals surface area contributed by atoms with E-state index >= 15 is 0 Å². The molecule has 10 heteroatoms. The van der Waals surface area contributed by atoms with Crippen molar-refractivity contribution < 1.29 is 23.5 Å². The Labute approximate surface area is 252 Å². The number of methoxy groups -OCH3 is 2. The number of carbonyl (C=O) groups is 2. The SMILES string of the molecule is COC(=O)c1ccc(CCC[N+]2(CCCc3ccc(OC)cc3)CCCC(CC(=O)c3nc(Cl)c(N)nc3N)C2)cc1. The number of ketones is 1. The summed E-state index contributed by atoms with van der Waals surface area (Å²) in [6.07, 6.45) is 6.34. The number of hydrogen-bond acceptors (Lipinski definition) is 8. The van der Waals surface area contributed by atoms with Crippen LogP contribution in [0.1, 0.15) is 64.1 Å². The molecule has 2 aromatic carbocycles. The molecule has 0 aliphatic carbocycles. The van der Waals surface area contributed by atoms with E-state index in [0.717, 1.165) is 74.9 Å².